The molecule has 0 aliphatic carbocycles. The maximum absolute atomic E-state index is 11.2. The molecule has 6 nitrogen and oxygen atoms in total. The number of nitrogens with zero attached hydrogens (tertiary/aromatic N) is 1. The molecule has 0 spiro atoms. The van der Waals surface area contributed by atoms with E-state index >= 15 is 0 Å². The van der Waals surface area contributed by atoms with Gasteiger partial charge in [-0.1, -0.05) is 17.7 Å². The second-order valence-electron chi connectivity index (χ2n) is 3.40. The molecule has 0 aliphatic heterocycles. The van der Waals surface area contributed by atoms with Crippen molar-refractivity contribution >= 4 is 27.4 Å². The Morgan fingerprint density at radius 3 is 2.47 bits per heavy atom. The third-order valence-electron chi connectivity index (χ3n) is 2.15. The van der Waals surface area contributed by atoms with Crippen molar-refractivity contribution < 1.29 is 8.42 Å². The summed E-state index contributed by atoms with van der Waals surface area (Å²) in [6.07, 6.45) is 0. The Bertz CT molecular complexity index is 665. The standard InChI is InChI=1S/C9H9ClN4O2S/c10-6-3-5(7-4-9(11)14-13-7)1-2-8(6)17(12,15)16/h1-4H,(H3,11,13,14)(H2,12,15,16). The van der Waals surface area contributed by atoms with Crippen LogP contribution < -0.4 is 10.9 Å². The summed E-state index contributed by atoms with van der Waals surface area (Å²) in [5.41, 5.74) is 6.78. The van der Waals surface area contributed by atoms with Crippen LogP contribution in [0.3, 0.4) is 0 Å². The van der Waals surface area contributed by atoms with Crippen molar-refractivity contribution in [2.75, 3.05) is 5.73 Å². The van der Waals surface area contributed by atoms with Gasteiger partial charge in [-0.05, 0) is 12.1 Å². The lowest BCUT2D eigenvalue weighted by Gasteiger charge is -2.03. The molecule has 0 amide bonds. The monoisotopic (exact) mass is 272 g/mol. The fourth-order valence-electron chi connectivity index (χ4n) is 1.38. The lowest BCUT2D eigenvalue weighted by atomic mass is 10.1. The van der Waals surface area contributed by atoms with Crippen molar-refractivity contribution in [2.24, 2.45) is 5.14 Å². The Kier molecular flexibility index (Phi) is 2.82. The van der Waals surface area contributed by atoms with Gasteiger partial charge in [0.05, 0.1) is 10.7 Å². The van der Waals surface area contributed by atoms with Crippen LogP contribution in [0, 0.1) is 0 Å². The van der Waals surface area contributed by atoms with Crippen molar-refractivity contribution in [2.45, 2.75) is 4.90 Å². The normalized spacial score (nSPS) is 11.6. The Hall–Kier alpha value is -1.57. The molecule has 0 saturated heterocycles. The predicted molar refractivity (Wildman–Crippen MR) is 64.8 cm³/mol. The number of anilines is 1. The van der Waals surface area contributed by atoms with E-state index in [1.165, 1.54) is 12.1 Å². The molecule has 0 atom stereocenters. The molecule has 90 valence electrons. The zero-order valence-electron chi connectivity index (χ0n) is 8.51. The largest absolute Gasteiger partial charge is 0.382 e. The number of nitrogens with two attached hydrogens (primary N) is 2. The summed E-state index contributed by atoms with van der Waals surface area (Å²) in [7, 11) is -3.81. The number of rotatable bonds is 2. The summed E-state index contributed by atoms with van der Waals surface area (Å²) >= 11 is 5.85. The molecular formula is C9H9ClN4O2S. The van der Waals surface area contributed by atoms with E-state index < -0.39 is 10.0 Å². The first-order valence-electron chi connectivity index (χ1n) is 4.51. The summed E-state index contributed by atoms with van der Waals surface area (Å²) in [6, 6.07) is 6.00. The Morgan fingerprint density at radius 1 is 1.29 bits per heavy atom. The van der Waals surface area contributed by atoms with Crippen LogP contribution in [0.15, 0.2) is 29.2 Å². The van der Waals surface area contributed by atoms with E-state index in [2.05, 4.69) is 10.2 Å². The SMILES string of the molecule is Nc1cc(-c2ccc(S(N)(=O)=O)c(Cl)c2)[nH]n1. The number of nitrogen functional groups attached to an aromatic ring is 1. The minimum absolute atomic E-state index is 0.0539. The highest BCUT2D eigenvalue weighted by molar-refractivity contribution is 7.89. The molecule has 1 aromatic heterocycles. The molecule has 0 bridgehead atoms. The van der Waals surface area contributed by atoms with Gasteiger partial charge < -0.3 is 5.73 Å². The lowest BCUT2D eigenvalue weighted by Crippen LogP contribution is -2.12. The van der Waals surface area contributed by atoms with Crippen LogP contribution in [0.1, 0.15) is 0 Å². The van der Waals surface area contributed by atoms with Gasteiger partial charge in [-0.3, -0.25) is 5.10 Å². The molecule has 1 aromatic carbocycles. The van der Waals surface area contributed by atoms with Gasteiger partial charge in [-0.15, -0.1) is 0 Å². The van der Waals surface area contributed by atoms with Crippen molar-refractivity contribution in [3.05, 3.63) is 29.3 Å². The van der Waals surface area contributed by atoms with E-state index in [9.17, 15) is 8.42 Å². The van der Waals surface area contributed by atoms with E-state index in [0.29, 0.717) is 17.1 Å². The molecule has 1 heterocycles. The number of hydrogen-bond donors (Lipinski definition) is 3. The number of H-pyrrole nitrogens is 1. The summed E-state index contributed by atoms with van der Waals surface area (Å²) in [5.74, 6) is 0.339. The van der Waals surface area contributed by atoms with Gasteiger partial charge in [0.15, 0.2) is 0 Å². The summed E-state index contributed by atoms with van der Waals surface area (Å²) in [5, 5.41) is 11.5. The number of aromatic nitrogens is 2. The molecule has 8 heteroatoms. The van der Waals surface area contributed by atoms with Gasteiger partial charge in [0, 0.05) is 11.6 Å². The highest BCUT2D eigenvalue weighted by Crippen LogP contribution is 2.27. The molecule has 0 saturated carbocycles. The van der Waals surface area contributed by atoms with Gasteiger partial charge in [-0.25, -0.2) is 13.6 Å². The van der Waals surface area contributed by atoms with Gasteiger partial charge in [0.1, 0.15) is 10.7 Å². The first-order chi connectivity index (χ1) is 7.88. The molecule has 0 fully saturated rings. The summed E-state index contributed by atoms with van der Waals surface area (Å²) in [6.45, 7) is 0. The van der Waals surface area contributed by atoms with Crippen LogP contribution in [0.5, 0.6) is 0 Å². The van der Waals surface area contributed by atoms with Gasteiger partial charge in [0.2, 0.25) is 10.0 Å². The van der Waals surface area contributed by atoms with Gasteiger partial charge in [-0.2, -0.15) is 5.10 Å². The van der Waals surface area contributed by atoms with E-state index in [0.717, 1.165) is 0 Å². The Labute approximate surface area is 103 Å². The fraction of sp³-hybridized carbons (Fsp3) is 0. The highest BCUT2D eigenvalue weighted by atomic mass is 35.5. The molecule has 0 unspecified atom stereocenters. The molecule has 2 aromatic rings. The van der Waals surface area contributed by atoms with Crippen molar-refractivity contribution in [1.29, 1.82) is 0 Å². The first-order valence-corrected chi connectivity index (χ1v) is 6.44. The Morgan fingerprint density at radius 2 is 2.00 bits per heavy atom. The molecular weight excluding hydrogens is 264 g/mol. The maximum atomic E-state index is 11.2. The Balaban J connectivity index is 2.52. The van der Waals surface area contributed by atoms with Gasteiger partial charge in [0.25, 0.3) is 0 Å². The number of nitrogens with one attached hydrogen (secondary N) is 1. The molecule has 5 N–H and O–H groups in total. The number of aromatic amines is 1. The average Bonchev–Trinajstić information content (AvgIpc) is 2.62. The van der Waals surface area contributed by atoms with Crippen LogP contribution in [0.25, 0.3) is 11.3 Å². The van der Waals surface area contributed by atoms with Crippen LogP contribution in [0.4, 0.5) is 5.82 Å². The van der Waals surface area contributed by atoms with Crippen molar-refractivity contribution in [3.8, 4) is 11.3 Å². The number of sulfonamides is 1. The number of primary sulfonamides is 1. The topological polar surface area (TPSA) is 115 Å². The molecule has 0 aliphatic rings. The van der Waals surface area contributed by atoms with Crippen LogP contribution >= 0.6 is 11.6 Å². The molecule has 17 heavy (non-hydrogen) atoms. The minimum Gasteiger partial charge on any atom is -0.382 e. The highest BCUT2D eigenvalue weighted by Gasteiger charge is 2.14. The van der Waals surface area contributed by atoms with Crippen molar-refractivity contribution in [3.63, 3.8) is 0 Å². The van der Waals surface area contributed by atoms with Crippen LogP contribution in [0.2, 0.25) is 5.02 Å². The fourth-order valence-corrected chi connectivity index (χ4v) is 2.48. The number of hydrogen-bond acceptors (Lipinski definition) is 4. The zero-order chi connectivity index (χ0) is 12.6. The lowest BCUT2D eigenvalue weighted by molar-refractivity contribution is 0.598. The van der Waals surface area contributed by atoms with Crippen LogP contribution in [-0.2, 0) is 10.0 Å². The van der Waals surface area contributed by atoms with Gasteiger partial charge >= 0.3 is 0 Å². The predicted octanol–water partition coefficient (Wildman–Crippen LogP) is 0.960. The van der Waals surface area contributed by atoms with Crippen molar-refractivity contribution in [1.82, 2.24) is 10.2 Å². The third kappa shape index (κ3) is 2.41. The minimum atomic E-state index is -3.81. The summed E-state index contributed by atoms with van der Waals surface area (Å²) in [4.78, 5) is -0.115. The molecule has 0 radical (unpaired) electrons. The first kappa shape index (κ1) is 11.9. The smallest absolute Gasteiger partial charge is 0.239 e. The maximum Gasteiger partial charge on any atom is 0.239 e. The zero-order valence-corrected chi connectivity index (χ0v) is 10.1. The summed E-state index contributed by atoms with van der Waals surface area (Å²) < 4.78 is 22.3. The third-order valence-corrected chi connectivity index (χ3v) is 3.54. The van der Waals surface area contributed by atoms with Crippen LogP contribution in [-0.4, -0.2) is 18.6 Å². The van der Waals surface area contributed by atoms with E-state index in [1.54, 1.807) is 12.1 Å². The van der Waals surface area contributed by atoms with E-state index in [-0.39, 0.29) is 9.92 Å². The number of halogens is 1. The molecule has 2 rings (SSSR count). The average molecular weight is 273 g/mol. The van der Waals surface area contributed by atoms with E-state index in [4.69, 9.17) is 22.5 Å². The van der Waals surface area contributed by atoms with E-state index in [1.807, 2.05) is 0 Å². The quantitative estimate of drug-likeness (QED) is 0.755. The number of benzene rings is 1. The second kappa shape index (κ2) is 4.02. The second-order valence-corrected chi connectivity index (χ2v) is 5.33.